The zero-order chi connectivity index (χ0) is 21.1. The van der Waals surface area contributed by atoms with E-state index in [1.807, 2.05) is 29.2 Å². The Kier molecular flexibility index (Phi) is 6.42. The summed E-state index contributed by atoms with van der Waals surface area (Å²) in [5, 5.41) is 2.11. The van der Waals surface area contributed by atoms with Crippen LogP contribution in [-0.4, -0.2) is 48.4 Å². The fraction of sp³-hybridized carbons (Fsp3) is 0.500. The number of carbonyl (C=O) groups is 2. The first-order chi connectivity index (χ1) is 14.6. The maximum atomic E-state index is 13.5. The second kappa shape index (κ2) is 9.21. The van der Waals surface area contributed by atoms with E-state index < -0.39 is 0 Å². The van der Waals surface area contributed by atoms with E-state index in [0.717, 1.165) is 43.4 Å². The van der Waals surface area contributed by atoms with Crippen LogP contribution in [0.2, 0.25) is 0 Å². The molecule has 1 aliphatic heterocycles. The van der Waals surface area contributed by atoms with Crippen LogP contribution in [0.3, 0.4) is 0 Å². The first kappa shape index (κ1) is 20.9. The molecule has 2 aliphatic rings. The topological polar surface area (TPSA) is 49.9 Å². The van der Waals surface area contributed by atoms with Crippen LogP contribution in [0.15, 0.2) is 35.7 Å². The lowest BCUT2D eigenvalue weighted by Gasteiger charge is -2.38. The molecule has 0 spiro atoms. The normalized spacial score (nSPS) is 18.5. The van der Waals surface area contributed by atoms with Gasteiger partial charge in [-0.1, -0.05) is 25.5 Å². The van der Waals surface area contributed by atoms with Gasteiger partial charge in [-0.15, -0.1) is 11.3 Å². The van der Waals surface area contributed by atoms with Crippen molar-refractivity contribution in [2.75, 3.05) is 26.7 Å². The van der Waals surface area contributed by atoms with Crippen LogP contribution in [0, 0.1) is 5.92 Å². The fourth-order valence-corrected chi connectivity index (χ4v) is 5.34. The van der Waals surface area contributed by atoms with Gasteiger partial charge >= 0.3 is 0 Å². The van der Waals surface area contributed by atoms with Crippen LogP contribution < -0.4 is 4.74 Å². The van der Waals surface area contributed by atoms with Crippen LogP contribution in [-0.2, 0) is 16.0 Å². The largest absolute Gasteiger partial charge is 0.497 e. The molecule has 5 nitrogen and oxygen atoms in total. The number of nitrogens with zero attached hydrogens (tertiary/aromatic N) is 2. The van der Waals surface area contributed by atoms with E-state index in [9.17, 15) is 9.59 Å². The number of amides is 2. The third-order valence-corrected chi connectivity index (χ3v) is 7.30. The van der Waals surface area contributed by atoms with Gasteiger partial charge in [-0.25, -0.2) is 0 Å². The van der Waals surface area contributed by atoms with Gasteiger partial charge in [0.2, 0.25) is 11.8 Å². The minimum absolute atomic E-state index is 0.0359. The molecule has 1 aliphatic carbocycles. The highest BCUT2D eigenvalue weighted by molar-refractivity contribution is 7.10. The minimum atomic E-state index is -0.110. The van der Waals surface area contributed by atoms with Crippen molar-refractivity contribution in [2.24, 2.45) is 5.92 Å². The van der Waals surface area contributed by atoms with E-state index in [-0.39, 0.29) is 30.3 Å². The summed E-state index contributed by atoms with van der Waals surface area (Å²) in [4.78, 5) is 31.4. The highest BCUT2D eigenvalue weighted by atomic mass is 32.1. The van der Waals surface area contributed by atoms with Crippen LogP contribution in [0.5, 0.6) is 5.75 Å². The maximum Gasteiger partial charge on any atom is 0.242 e. The molecule has 1 aromatic carbocycles. The Morgan fingerprint density at radius 3 is 2.60 bits per heavy atom. The van der Waals surface area contributed by atoms with Gasteiger partial charge in [-0.3, -0.25) is 9.59 Å². The average molecular weight is 427 g/mol. The standard InChI is InChI=1S/C24H30N2O3S/c1-3-13-25(24(28)18-5-4-6-18)16-22(27)26-14-11-21-20(12-15-30-21)23(26)17-7-9-19(29-2)10-8-17/h7-10,12,15,18,23H,3-6,11,13-14,16H2,1-2H3. The smallest absolute Gasteiger partial charge is 0.242 e. The lowest BCUT2D eigenvalue weighted by Crippen LogP contribution is -2.48. The van der Waals surface area contributed by atoms with Gasteiger partial charge in [0.25, 0.3) is 0 Å². The van der Waals surface area contributed by atoms with Crippen molar-refractivity contribution >= 4 is 23.2 Å². The number of carbonyl (C=O) groups excluding carboxylic acids is 2. The summed E-state index contributed by atoms with van der Waals surface area (Å²) in [7, 11) is 1.66. The number of hydrogen-bond donors (Lipinski definition) is 0. The SMILES string of the molecule is CCCN(CC(=O)N1CCc2sccc2C1c1ccc(OC)cc1)C(=O)C1CCC1. The van der Waals surface area contributed by atoms with Crippen molar-refractivity contribution in [3.8, 4) is 5.75 Å². The van der Waals surface area contributed by atoms with Gasteiger partial charge in [0.15, 0.2) is 0 Å². The summed E-state index contributed by atoms with van der Waals surface area (Å²) in [6, 6.07) is 10.0. The zero-order valence-electron chi connectivity index (χ0n) is 17.8. The fourth-order valence-electron chi connectivity index (χ4n) is 4.44. The molecule has 1 fully saturated rings. The number of methoxy groups -OCH3 is 1. The molecule has 2 aromatic rings. The molecule has 4 rings (SSSR count). The molecular formula is C24H30N2O3S. The molecule has 30 heavy (non-hydrogen) atoms. The maximum absolute atomic E-state index is 13.5. The third kappa shape index (κ3) is 4.10. The molecule has 2 amide bonds. The third-order valence-electron chi connectivity index (χ3n) is 6.30. The molecule has 160 valence electrons. The number of hydrogen-bond acceptors (Lipinski definition) is 4. The van der Waals surface area contributed by atoms with Crippen LogP contribution in [0.4, 0.5) is 0 Å². The molecular weight excluding hydrogens is 396 g/mol. The Balaban J connectivity index is 1.58. The first-order valence-corrected chi connectivity index (χ1v) is 11.8. The van der Waals surface area contributed by atoms with Gasteiger partial charge in [0.05, 0.1) is 19.7 Å². The number of thiophene rings is 1. The van der Waals surface area contributed by atoms with Crippen LogP contribution in [0.1, 0.15) is 54.7 Å². The van der Waals surface area contributed by atoms with Crippen molar-refractivity contribution < 1.29 is 14.3 Å². The van der Waals surface area contributed by atoms with Crippen molar-refractivity contribution in [1.29, 1.82) is 0 Å². The summed E-state index contributed by atoms with van der Waals surface area (Å²) in [5.74, 6) is 1.12. The summed E-state index contributed by atoms with van der Waals surface area (Å²) < 4.78 is 5.31. The number of ether oxygens (including phenoxy) is 1. The van der Waals surface area contributed by atoms with Gasteiger partial charge in [0.1, 0.15) is 5.75 Å². The molecule has 1 aromatic heterocycles. The summed E-state index contributed by atoms with van der Waals surface area (Å²) in [5.41, 5.74) is 2.29. The number of rotatable bonds is 7. The molecule has 2 heterocycles. The van der Waals surface area contributed by atoms with Crippen molar-refractivity contribution in [3.63, 3.8) is 0 Å². The predicted molar refractivity (Wildman–Crippen MR) is 119 cm³/mol. The highest BCUT2D eigenvalue weighted by Gasteiger charge is 2.35. The molecule has 0 bridgehead atoms. The zero-order valence-corrected chi connectivity index (χ0v) is 18.6. The number of fused-ring (bicyclic) bond motifs is 1. The Labute approximate surface area is 182 Å². The van der Waals surface area contributed by atoms with Crippen molar-refractivity contribution in [1.82, 2.24) is 9.80 Å². The molecule has 0 saturated heterocycles. The van der Waals surface area contributed by atoms with Gasteiger partial charge < -0.3 is 14.5 Å². The molecule has 0 N–H and O–H groups in total. The predicted octanol–water partition coefficient (Wildman–Crippen LogP) is 4.27. The Bertz CT molecular complexity index is 888. The summed E-state index contributed by atoms with van der Waals surface area (Å²) in [6.07, 6.45) is 4.78. The van der Waals surface area contributed by atoms with Crippen molar-refractivity contribution in [2.45, 2.75) is 45.1 Å². The lowest BCUT2D eigenvalue weighted by molar-refractivity contribution is -0.145. The Morgan fingerprint density at radius 1 is 1.20 bits per heavy atom. The summed E-state index contributed by atoms with van der Waals surface area (Å²) in [6.45, 7) is 3.56. The van der Waals surface area contributed by atoms with Crippen LogP contribution in [0.25, 0.3) is 0 Å². The number of benzene rings is 1. The lowest BCUT2D eigenvalue weighted by atomic mass is 9.84. The van der Waals surface area contributed by atoms with E-state index >= 15 is 0 Å². The molecule has 1 unspecified atom stereocenters. The first-order valence-electron chi connectivity index (χ1n) is 10.9. The van der Waals surface area contributed by atoms with Gasteiger partial charge in [-0.2, -0.15) is 0 Å². The van der Waals surface area contributed by atoms with E-state index in [2.05, 4.69) is 18.4 Å². The monoisotopic (exact) mass is 426 g/mol. The van der Waals surface area contributed by atoms with Gasteiger partial charge in [0, 0.05) is 23.9 Å². The second-order valence-corrected chi connectivity index (χ2v) is 9.20. The minimum Gasteiger partial charge on any atom is -0.497 e. The van der Waals surface area contributed by atoms with E-state index in [0.29, 0.717) is 13.1 Å². The van der Waals surface area contributed by atoms with E-state index in [1.165, 1.54) is 10.4 Å². The Morgan fingerprint density at radius 2 is 1.97 bits per heavy atom. The molecule has 0 radical (unpaired) electrons. The van der Waals surface area contributed by atoms with Crippen molar-refractivity contribution in [3.05, 3.63) is 51.7 Å². The second-order valence-electron chi connectivity index (χ2n) is 8.20. The highest BCUT2D eigenvalue weighted by Crippen LogP contribution is 2.38. The Hall–Kier alpha value is -2.34. The van der Waals surface area contributed by atoms with E-state index in [1.54, 1.807) is 23.3 Å². The molecule has 1 atom stereocenters. The quantitative estimate of drug-likeness (QED) is 0.664. The molecule has 6 heteroatoms. The van der Waals surface area contributed by atoms with Crippen LogP contribution >= 0.6 is 11.3 Å². The summed E-state index contributed by atoms with van der Waals surface area (Å²) >= 11 is 1.76. The average Bonchev–Trinajstić information content (AvgIpc) is 3.20. The molecule has 1 saturated carbocycles. The van der Waals surface area contributed by atoms with E-state index in [4.69, 9.17) is 4.74 Å². The van der Waals surface area contributed by atoms with Gasteiger partial charge in [-0.05, 0) is 60.4 Å².